The van der Waals surface area contributed by atoms with Crippen LogP contribution in [0.5, 0.6) is 0 Å². The van der Waals surface area contributed by atoms with Gasteiger partial charge in [0.05, 0.1) is 7.11 Å². The van der Waals surface area contributed by atoms with Crippen LogP contribution in [-0.4, -0.2) is 18.9 Å². The molecule has 0 heterocycles. The number of fused-ring (bicyclic) bond motifs is 7. The van der Waals surface area contributed by atoms with E-state index in [1.165, 1.54) is 32.8 Å². The van der Waals surface area contributed by atoms with Crippen LogP contribution >= 0.6 is 11.6 Å². The molecule has 0 aromatic heterocycles. The number of benzene rings is 1. The van der Waals surface area contributed by atoms with E-state index in [1.807, 2.05) is 37.3 Å². The fourth-order valence-electron chi connectivity index (χ4n) is 11.7. The smallest absolute Gasteiger partial charge is 0.319 e. The molecule has 42 heavy (non-hydrogen) atoms. The van der Waals surface area contributed by atoms with Gasteiger partial charge < -0.3 is 4.74 Å². The standard InChI is InChI=1S/C38H51ClO3/c1-23-15-17-34(3)19-20-36(5)27(31(34)24(23)2)13-14-29-35(4)22-26(21-25-11-9-10-12-28(25)39)32(40)38(7,33(41)42-8)30(35)16-18-37(29,36)6/h9-13,21,23-24,29-31H,14-20,22H2,1-8H3/b26-21+/t23-,24+,29-,30-,31+,34-,35-,36-,37-,38-/m1/s1. The van der Waals surface area contributed by atoms with E-state index < -0.39 is 11.4 Å². The lowest BCUT2D eigenvalue weighted by atomic mass is 9.33. The first kappa shape index (κ1) is 30.2. The van der Waals surface area contributed by atoms with Crippen molar-refractivity contribution in [2.45, 2.75) is 99.8 Å². The second-order valence-corrected chi connectivity index (χ2v) is 16.6. The van der Waals surface area contributed by atoms with Crippen LogP contribution in [-0.2, 0) is 14.3 Å². The summed E-state index contributed by atoms with van der Waals surface area (Å²) in [5, 5.41) is 0.622. The SMILES string of the molecule is COC(=O)[C@@]1(C)C(=O)/C(=C/c2ccccc2Cl)C[C@]2(C)[C@H]3CC=C4[C@@H]5[C@@H](C)[C@H](C)CC[C@]5(C)CC[C@@]4(C)[C@]3(C)CC[C@@H]12. The fraction of sp³-hybridized carbons (Fsp3) is 0.684. The van der Waals surface area contributed by atoms with Crippen LogP contribution in [0.3, 0.4) is 0 Å². The van der Waals surface area contributed by atoms with Crippen molar-refractivity contribution in [1.29, 1.82) is 0 Å². The fourth-order valence-corrected chi connectivity index (χ4v) is 11.9. The van der Waals surface area contributed by atoms with Crippen LogP contribution in [0.4, 0.5) is 0 Å². The maximum atomic E-state index is 14.3. The van der Waals surface area contributed by atoms with Crippen LogP contribution in [0.1, 0.15) is 105 Å². The third-order valence-electron chi connectivity index (χ3n) is 14.5. The Hall–Kier alpha value is -1.87. The molecule has 3 nitrogen and oxygen atoms in total. The molecule has 4 heteroatoms. The van der Waals surface area contributed by atoms with E-state index in [2.05, 4.69) is 47.6 Å². The minimum atomic E-state index is -1.21. The van der Waals surface area contributed by atoms with E-state index in [-0.39, 0.29) is 27.9 Å². The number of esters is 1. The molecular formula is C38H51ClO3. The second-order valence-electron chi connectivity index (χ2n) is 16.2. The lowest BCUT2D eigenvalue weighted by Gasteiger charge is -2.71. The summed E-state index contributed by atoms with van der Waals surface area (Å²) in [4.78, 5) is 28.0. The van der Waals surface area contributed by atoms with Crippen molar-refractivity contribution in [2.75, 3.05) is 7.11 Å². The Kier molecular flexibility index (Phi) is 7.05. The predicted molar refractivity (Wildman–Crippen MR) is 171 cm³/mol. The Labute approximate surface area is 258 Å². The number of rotatable bonds is 2. The largest absolute Gasteiger partial charge is 0.468 e. The van der Waals surface area contributed by atoms with Crippen LogP contribution in [0.15, 0.2) is 41.5 Å². The number of ketones is 1. The van der Waals surface area contributed by atoms with Gasteiger partial charge in [0.25, 0.3) is 0 Å². The molecule has 0 unspecified atom stereocenters. The molecule has 1 aromatic rings. The summed E-state index contributed by atoms with van der Waals surface area (Å²) in [6.45, 7) is 17.0. The molecule has 10 atom stereocenters. The summed E-state index contributed by atoms with van der Waals surface area (Å²) in [5.41, 5.74) is 2.46. The van der Waals surface area contributed by atoms with Gasteiger partial charge >= 0.3 is 5.97 Å². The average Bonchev–Trinajstić information content (AvgIpc) is 2.95. The first-order valence-electron chi connectivity index (χ1n) is 16.5. The van der Waals surface area contributed by atoms with Gasteiger partial charge in [-0.05, 0) is 133 Å². The van der Waals surface area contributed by atoms with Crippen molar-refractivity contribution in [3.8, 4) is 0 Å². The lowest BCUT2D eigenvalue weighted by Crippen LogP contribution is -2.66. The van der Waals surface area contributed by atoms with Gasteiger partial charge in [-0.15, -0.1) is 0 Å². The molecular weight excluding hydrogens is 540 g/mol. The molecule has 0 saturated heterocycles. The molecule has 0 bridgehead atoms. The van der Waals surface area contributed by atoms with Gasteiger partial charge in [0.1, 0.15) is 5.41 Å². The maximum Gasteiger partial charge on any atom is 0.319 e. The van der Waals surface area contributed by atoms with Gasteiger partial charge in [0.2, 0.25) is 0 Å². The molecule has 4 fully saturated rings. The number of carbonyl (C=O) groups is 2. The molecule has 228 valence electrons. The Morgan fingerprint density at radius 3 is 2.38 bits per heavy atom. The van der Waals surface area contributed by atoms with Crippen molar-refractivity contribution < 1.29 is 14.3 Å². The number of carbonyl (C=O) groups excluding carboxylic acids is 2. The molecule has 0 spiro atoms. The maximum absolute atomic E-state index is 14.3. The summed E-state index contributed by atoms with van der Waals surface area (Å²) in [6, 6.07) is 7.68. The van der Waals surface area contributed by atoms with Gasteiger partial charge in [-0.3, -0.25) is 9.59 Å². The van der Waals surface area contributed by atoms with Crippen molar-refractivity contribution >= 4 is 29.4 Å². The van der Waals surface area contributed by atoms with Gasteiger partial charge in [-0.2, -0.15) is 0 Å². The minimum Gasteiger partial charge on any atom is -0.468 e. The zero-order chi connectivity index (χ0) is 30.5. The topological polar surface area (TPSA) is 43.4 Å². The third-order valence-corrected chi connectivity index (χ3v) is 14.9. The monoisotopic (exact) mass is 590 g/mol. The molecule has 0 aliphatic heterocycles. The minimum absolute atomic E-state index is 0.0625. The summed E-state index contributed by atoms with van der Waals surface area (Å²) >= 11 is 6.59. The van der Waals surface area contributed by atoms with E-state index in [0.29, 0.717) is 40.2 Å². The Balaban J connectivity index is 1.49. The number of ether oxygens (including phenoxy) is 1. The van der Waals surface area contributed by atoms with Crippen molar-refractivity contribution in [2.24, 2.45) is 56.7 Å². The average molecular weight is 591 g/mol. The van der Waals surface area contributed by atoms with E-state index in [1.54, 1.807) is 5.57 Å². The number of methoxy groups -OCH3 is 1. The van der Waals surface area contributed by atoms with Crippen LogP contribution < -0.4 is 0 Å². The molecule has 0 amide bonds. The molecule has 5 aliphatic carbocycles. The summed E-state index contributed by atoms with van der Waals surface area (Å²) < 4.78 is 5.41. The number of hydrogen-bond acceptors (Lipinski definition) is 3. The van der Waals surface area contributed by atoms with Crippen molar-refractivity contribution in [3.05, 3.63) is 52.1 Å². The highest BCUT2D eigenvalue weighted by molar-refractivity contribution is 6.32. The highest BCUT2D eigenvalue weighted by Crippen LogP contribution is 2.75. The van der Waals surface area contributed by atoms with Gasteiger partial charge in [0, 0.05) is 5.02 Å². The Bertz CT molecular complexity index is 1380. The predicted octanol–water partition coefficient (Wildman–Crippen LogP) is 9.73. The molecule has 0 N–H and O–H groups in total. The van der Waals surface area contributed by atoms with E-state index in [4.69, 9.17) is 16.3 Å². The first-order valence-corrected chi connectivity index (χ1v) is 16.8. The zero-order valence-corrected chi connectivity index (χ0v) is 27.9. The summed E-state index contributed by atoms with van der Waals surface area (Å²) in [5.74, 6) is 1.92. The number of hydrogen-bond donors (Lipinski definition) is 0. The molecule has 4 saturated carbocycles. The van der Waals surface area contributed by atoms with Crippen molar-refractivity contribution in [1.82, 2.24) is 0 Å². The first-order chi connectivity index (χ1) is 19.7. The van der Waals surface area contributed by atoms with Crippen molar-refractivity contribution in [3.63, 3.8) is 0 Å². The summed E-state index contributed by atoms with van der Waals surface area (Å²) in [6.07, 6.45) is 13.4. The molecule has 6 rings (SSSR count). The number of Topliss-reactive ketones (excluding diaryl/α,β-unsaturated/α-hetero) is 1. The van der Waals surface area contributed by atoms with Crippen LogP contribution in [0.25, 0.3) is 6.08 Å². The van der Waals surface area contributed by atoms with Crippen LogP contribution in [0, 0.1) is 56.7 Å². The zero-order valence-electron chi connectivity index (χ0n) is 27.1. The van der Waals surface area contributed by atoms with Crippen LogP contribution in [0.2, 0.25) is 5.02 Å². The second kappa shape index (κ2) is 9.82. The normalized spacial score (nSPS) is 47.5. The molecule has 5 aliphatic rings. The van der Waals surface area contributed by atoms with Gasteiger partial charge in [0.15, 0.2) is 5.78 Å². The lowest BCUT2D eigenvalue weighted by molar-refractivity contribution is -0.192. The molecule has 1 aromatic carbocycles. The Morgan fingerprint density at radius 1 is 0.976 bits per heavy atom. The highest BCUT2D eigenvalue weighted by Gasteiger charge is 2.70. The third kappa shape index (κ3) is 3.83. The quantitative estimate of drug-likeness (QED) is 0.149. The highest BCUT2D eigenvalue weighted by atomic mass is 35.5. The van der Waals surface area contributed by atoms with Gasteiger partial charge in [-0.25, -0.2) is 0 Å². The number of halogens is 1. The Morgan fingerprint density at radius 2 is 1.69 bits per heavy atom. The summed E-state index contributed by atoms with van der Waals surface area (Å²) in [7, 11) is 1.43. The molecule has 0 radical (unpaired) electrons. The number of allylic oxidation sites excluding steroid dienone is 3. The van der Waals surface area contributed by atoms with E-state index in [0.717, 1.165) is 30.7 Å². The van der Waals surface area contributed by atoms with E-state index in [9.17, 15) is 9.59 Å². The van der Waals surface area contributed by atoms with Gasteiger partial charge in [-0.1, -0.05) is 83.0 Å². The van der Waals surface area contributed by atoms with E-state index >= 15 is 0 Å².